The zero-order valence-corrected chi connectivity index (χ0v) is 23.0. The molecule has 0 fully saturated rings. The molecule has 0 saturated heterocycles. The summed E-state index contributed by atoms with van der Waals surface area (Å²) in [6.07, 6.45) is 1.51. The van der Waals surface area contributed by atoms with E-state index in [9.17, 15) is 9.59 Å². The standard InChI is InChI=1S/C31H25ClN4O5/c1-39-26-16-20(17-27(40-2)29(26)41-19-28(37)34-23-14-12-22(32)13-15-23)18-33-36-30(21-8-4-3-5-9-21)35-25-11-7-6-10-24(25)31(36)38/h3-18H,19H2,1-2H3,(H,34,37). The van der Waals surface area contributed by atoms with Gasteiger partial charge in [0.25, 0.3) is 11.5 Å². The fourth-order valence-corrected chi connectivity index (χ4v) is 4.24. The summed E-state index contributed by atoms with van der Waals surface area (Å²) in [5.41, 5.74) is 2.16. The van der Waals surface area contributed by atoms with Crippen molar-refractivity contribution in [1.82, 2.24) is 9.66 Å². The third-order valence-electron chi connectivity index (χ3n) is 6.07. The first kappa shape index (κ1) is 27.4. The number of anilines is 1. The maximum absolute atomic E-state index is 13.4. The molecule has 0 aliphatic carbocycles. The third kappa shape index (κ3) is 6.21. The van der Waals surface area contributed by atoms with E-state index in [-0.39, 0.29) is 23.8 Å². The first-order valence-corrected chi connectivity index (χ1v) is 12.9. The van der Waals surface area contributed by atoms with Crippen LogP contribution in [0.25, 0.3) is 22.3 Å². The van der Waals surface area contributed by atoms with Crippen molar-refractivity contribution in [1.29, 1.82) is 0 Å². The van der Waals surface area contributed by atoms with Gasteiger partial charge in [0.15, 0.2) is 23.9 Å². The van der Waals surface area contributed by atoms with E-state index in [0.717, 1.165) is 5.56 Å². The molecule has 0 spiro atoms. The number of rotatable bonds is 9. The quantitative estimate of drug-likeness (QED) is 0.231. The number of carbonyl (C=O) groups excluding carboxylic acids is 1. The van der Waals surface area contributed by atoms with Gasteiger partial charge in [-0.15, -0.1) is 0 Å². The number of ether oxygens (including phenoxy) is 3. The summed E-state index contributed by atoms with van der Waals surface area (Å²) in [5.74, 6) is 0.900. The minimum atomic E-state index is -0.376. The lowest BCUT2D eigenvalue weighted by Crippen LogP contribution is -2.20. The van der Waals surface area contributed by atoms with Crippen LogP contribution in [0.1, 0.15) is 5.56 Å². The van der Waals surface area contributed by atoms with Crippen molar-refractivity contribution in [2.45, 2.75) is 0 Å². The van der Waals surface area contributed by atoms with Crippen LogP contribution in [0.5, 0.6) is 17.2 Å². The average Bonchev–Trinajstić information content (AvgIpc) is 3.00. The van der Waals surface area contributed by atoms with Crippen molar-refractivity contribution in [3.63, 3.8) is 0 Å². The van der Waals surface area contributed by atoms with Gasteiger partial charge in [-0.1, -0.05) is 54.1 Å². The summed E-state index contributed by atoms with van der Waals surface area (Å²) in [5, 5.41) is 8.25. The number of benzene rings is 4. The largest absolute Gasteiger partial charge is 0.493 e. The molecule has 5 aromatic rings. The number of hydrogen-bond acceptors (Lipinski definition) is 7. The molecule has 4 aromatic carbocycles. The molecule has 1 heterocycles. The maximum atomic E-state index is 13.4. The van der Waals surface area contributed by atoms with E-state index in [2.05, 4.69) is 10.4 Å². The predicted molar refractivity (Wildman–Crippen MR) is 160 cm³/mol. The Morgan fingerprint density at radius 1 is 0.951 bits per heavy atom. The molecule has 10 heteroatoms. The Balaban J connectivity index is 1.45. The Morgan fingerprint density at radius 3 is 2.29 bits per heavy atom. The van der Waals surface area contributed by atoms with Gasteiger partial charge in [0, 0.05) is 21.8 Å². The molecular weight excluding hydrogens is 544 g/mol. The lowest BCUT2D eigenvalue weighted by atomic mass is 10.2. The topological polar surface area (TPSA) is 104 Å². The number of fused-ring (bicyclic) bond motifs is 1. The summed E-state index contributed by atoms with van der Waals surface area (Å²) in [6.45, 7) is -0.290. The fraction of sp³-hybridized carbons (Fsp3) is 0.0968. The van der Waals surface area contributed by atoms with E-state index in [1.807, 2.05) is 36.4 Å². The molecule has 9 nitrogen and oxygen atoms in total. The van der Waals surface area contributed by atoms with Gasteiger partial charge in [-0.25, -0.2) is 4.98 Å². The molecule has 1 amide bonds. The van der Waals surface area contributed by atoms with Gasteiger partial charge in [-0.05, 0) is 48.5 Å². The number of methoxy groups -OCH3 is 2. The SMILES string of the molecule is COc1cc(C=Nn2c(-c3ccccc3)nc3ccccc3c2=O)cc(OC)c1OCC(=O)Nc1ccc(Cl)cc1. The Hall–Kier alpha value is -5.15. The third-order valence-corrected chi connectivity index (χ3v) is 6.32. The van der Waals surface area contributed by atoms with Crippen molar-refractivity contribution in [2.24, 2.45) is 5.10 Å². The highest BCUT2D eigenvalue weighted by Crippen LogP contribution is 2.38. The molecule has 0 radical (unpaired) electrons. The number of hydrogen-bond donors (Lipinski definition) is 1. The number of nitrogens with one attached hydrogen (secondary N) is 1. The predicted octanol–water partition coefficient (Wildman–Crippen LogP) is 5.63. The van der Waals surface area contributed by atoms with Gasteiger partial charge in [-0.3, -0.25) is 9.59 Å². The highest BCUT2D eigenvalue weighted by molar-refractivity contribution is 6.30. The van der Waals surface area contributed by atoms with E-state index >= 15 is 0 Å². The Labute approximate surface area is 240 Å². The number of para-hydroxylation sites is 1. The number of amides is 1. The van der Waals surface area contributed by atoms with Crippen molar-refractivity contribution in [2.75, 3.05) is 26.1 Å². The molecule has 0 aliphatic heterocycles. The Bertz CT molecular complexity index is 1760. The second-order valence-corrected chi connectivity index (χ2v) is 9.21. The molecule has 0 atom stereocenters. The van der Waals surface area contributed by atoms with Crippen LogP contribution in [0.2, 0.25) is 5.02 Å². The molecule has 0 saturated carbocycles. The molecule has 206 valence electrons. The summed E-state index contributed by atoms with van der Waals surface area (Å²) >= 11 is 5.90. The van der Waals surface area contributed by atoms with Crippen molar-refractivity contribution >= 4 is 40.3 Å². The van der Waals surface area contributed by atoms with Crippen molar-refractivity contribution < 1.29 is 19.0 Å². The fourth-order valence-electron chi connectivity index (χ4n) is 4.11. The second kappa shape index (κ2) is 12.4. The number of halogens is 1. The monoisotopic (exact) mass is 568 g/mol. The van der Waals surface area contributed by atoms with E-state index < -0.39 is 0 Å². The molecular formula is C31H25ClN4O5. The maximum Gasteiger partial charge on any atom is 0.282 e. The molecule has 0 aliphatic rings. The first-order chi connectivity index (χ1) is 20.0. The zero-order chi connectivity index (χ0) is 28.8. The summed E-state index contributed by atoms with van der Waals surface area (Å²) in [4.78, 5) is 30.6. The molecule has 0 unspecified atom stereocenters. The van der Waals surface area contributed by atoms with Gasteiger partial charge in [-0.2, -0.15) is 9.78 Å². The normalized spacial score (nSPS) is 11.0. The minimum absolute atomic E-state index is 0.243. The lowest BCUT2D eigenvalue weighted by molar-refractivity contribution is -0.118. The summed E-state index contributed by atoms with van der Waals surface area (Å²) in [7, 11) is 2.95. The summed E-state index contributed by atoms with van der Waals surface area (Å²) in [6, 6.07) is 26.5. The number of aromatic nitrogens is 2. The Kier molecular flexibility index (Phi) is 8.26. The van der Waals surface area contributed by atoms with E-state index in [0.29, 0.717) is 44.5 Å². The van der Waals surface area contributed by atoms with Crippen LogP contribution < -0.4 is 25.1 Å². The van der Waals surface area contributed by atoms with Gasteiger partial charge in [0.2, 0.25) is 5.75 Å². The van der Waals surface area contributed by atoms with Crippen LogP contribution in [0.4, 0.5) is 5.69 Å². The molecule has 1 aromatic heterocycles. The minimum Gasteiger partial charge on any atom is -0.493 e. The van der Waals surface area contributed by atoms with Gasteiger partial charge in [0.1, 0.15) is 0 Å². The first-order valence-electron chi connectivity index (χ1n) is 12.5. The van der Waals surface area contributed by atoms with Crippen molar-refractivity contribution in [3.8, 4) is 28.6 Å². The van der Waals surface area contributed by atoms with E-state index in [1.54, 1.807) is 54.6 Å². The van der Waals surface area contributed by atoms with Crippen LogP contribution in [-0.2, 0) is 4.79 Å². The highest BCUT2D eigenvalue weighted by Gasteiger charge is 2.17. The molecule has 1 N–H and O–H groups in total. The molecule has 0 bridgehead atoms. The highest BCUT2D eigenvalue weighted by atomic mass is 35.5. The smallest absolute Gasteiger partial charge is 0.282 e. The van der Waals surface area contributed by atoms with Gasteiger partial charge < -0.3 is 19.5 Å². The van der Waals surface area contributed by atoms with Gasteiger partial charge >= 0.3 is 0 Å². The van der Waals surface area contributed by atoms with Crippen molar-refractivity contribution in [3.05, 3.63) is 112 Å². The van der Waals surface area contributed by atoms with Crippen LogP contribution >= 0.6 is 11.6 Å². The average molecular weight is 569 g/mol. The lowest BCUT2D eigenvalue weighted by Gasteiger charge is -2.15. The van der Waals surface area contributed by atoms with Crippen LogP contribution in [0.15, 0.2) is 101 Å². The second-order valence-electron chi connectivity index (χ2n) is 8.78. The van der Waals surface area contributed by atoms with Crippen LogP contribution in [0, 0.1) is 0 Å². The number of carbonyl (C=O) groups is 1. The van der Waals surface area contributed by atoms with Crippen LogP contribution in [-0.4, -0.2) is 42.6 Å². The molecule has 5 rings (SSSR count). The van der Waals surface area contributed by atoms with Gasteiger partial charge in [0.05, 0.1) is 31.3 Å². The van der Waals surface area contributed by atoms with Crippen LogP contribution in [0.3, 0.4) is 0 Å². The zero-order valence-electron chi connectivity index (χ0n) is 22.2. The molecule has 41 heavy (non-hydrogen) atoms. The van der Waals surface area contributed by atoms with E-state index in [1.165, 1.54) is 25.1 Å². The van der Waals surface area contributed by atoms with E-state index in [4.69, 9.17) is 30.8 Å². The Morgan fingerprint density at radius 2 is 1.61 bits per heavy atom. The number of nitrogens with zero attached hydrogens (tertiary/aromatic N) is 3. The summed E-state index contributed by atoms with van der Waals surface area (Å²) < 4.78 is 18.1.